The molecule has 140 heavy (non-hydrogen) atoms. The normalized spacial score (nSPS) is 18.1. The SMILES string of the molecule is CC(C)(C)OC(=O)NCC(CNCOC(O)C(O)C(O)C(O)CO)(CNC(=O)C(O)C(O)C(O)C(O)CO)CC(NO)C(O)C(O)C(O)C(O)CO.CCC(OC(C)=O)C(OC(C)=O)C(OC(C)=O)C(OC(C)=O)C(=O)NCC(CNCOC(OC(C)=O)C(OC(C)=O)C(OC(C)=O)C(COC(C)=O)OC(C)=O)(CNC(=O)OC(C)(C)C)CC(NO)C(C)C(OC(C)=O)C(C)C(COC(C)=O)OC(C)=O. The van der Waals surface area contributed by atoms with Crippen molar-refractivity contribution < 1.29 is 240 Å². The maximum Gasteiger partial charge on any atom is 0.407 e. The third-order valence-corrected chi connectivity index (χ3v) is 19.9. The molecule has 812 valence electrons. The van der Waals surface area contributed by atoms with Gasteiger partial charge in [0.15, 0.2) is 36.8 Å². The average Bonchev–Trinajstić information content (AvgIpc) is 0.707. The van der Waals surface area contributed by atoms with Crippen LogP contribution in [0.3, 0.4) is 0 Å². The first-order chi connectivity index (χ1) is 64.7. The van der Waals surface area contributed by atoms with Crippen LogP contribution in [0.2, 0.25) is 0 Å². The van der Waals surface area contributed by atoms with E-state index >= 15 is 0 Å². The standard InChI is InChI=1S/C55H88N4O29.C28H58N4O20/c1-19-42(78-31(6)62)46(82-35(10)66)48(84-37(12)68)49(85-38(13)69)51(72)57-24-55(25-58-53(73)88-54(16,17)18,20-41(59-74)27(2)45(81-34(9)65)28(3)43(79-32(7)63)21-75-29(4)60)23-56-26-77-52(87-40(15)71)50(86-39(14)70)47(83-36(11)67)44(80-33(8)64)22-76-30(5)61;1-27(2,3)52-26(49)31-10-28(4-12(32-50)16(39)20(43)17(40)13(36)5-33,8-29-11-51-25(48)23(46)19(42)15(38)7-35)9-30-24(47)22(45)21(44)18(41)14(37)6-34/h27-28,41-50,52,56,59,74H,19-26H2,1-18H3,(H,57,72)(H,58,73);12-23,25,29,32-46,48,50H,4-11H2,1-3H3,(H,30,47)(H,31,49). The van der Waals surface area contributed by atoms with Crippen molar-refractivity contribution in [2.75, 3.05) is 85.8 Å². The summed E-state index contributed by atoms with van der Waals surface area (Å²) in [5.41, 5.74) is -1.93. The molecule has 0 aliphatic carbocycles. The van der Waals surface area contributed by atoms with E-state index in [4.69, 9.17) is 91.1 Å². The van der Waals surface area contributed by atoms with E-state index < -0.39 is 375 Å². The van der Waals surface area contributed by atoms with Gasteiger partial charge >= 0.3 is 83.8 Å². The Balaban J connectivity index is 0. The van der Waals surface area contributed by atoms with Crippen molar-refractivity contribution in [2.45, 2.75) is 323 Å². The molecule has 0 saturated heterocycles. The van der Waals surface area contributed by atoms with Crippen molar-refractivity contribution in [2.24, 2.45) is 22.7 Å². The number of ether oxygens (including phenoxy) is 16. The maximum atomic E-state index is 14.9. The third kappa shape index (κ3) is 51.8. The number of nitrogens with one attached hydrogen (secondary N) is 8. The van der Waals surface area contributed by atoms with E-state index in [-0.39, 0.29) is 6.42 Å². The number of alkyl carbamates (subject to hydrolysis) is 2. The van der Waals surface area contributed by atoms with Gasteiger partial charge in [-0.3, -0.25) is 77.8 Å². The molecular weight excluding hydrogens is 1890 g/mol. The number of rotatable bonds is 64. The van der Waals surface area contributed by atoms with Crippen molar-refractivity contribution >= 4 is 95.6 Å². The van der Waals surface area contributed by atoms with Crippen molar-refractivity contribution in [1.82, 2.24) is 42.9 Å². The van der Waals surface area contributed by atoms with Gasteiger partial charge in [-0.05, 0) is 60.8 Å². The van der Waals surface area contributed by atoms with Crippen LogP contribution in [0.15, 0.2) is 0 Å². The predicted octanol–water partition coefficient (Wildman–Crippen LogP) is -8.82. The van der Waals surface area contributed by atoms with Gasteiger partial charge in [-0.25, -0.2) is 15.1 Å². The van der Waals surface area contributed by atoms with E-state index in [0.717, 1.165) is 83.1 Å². The molecule has 25 N–H and O–H groups in total. The van der Waals surface area contributed by atoms with Gasteiger partial charge in [0.05, 0.1) is 32.6 Å². The van der Waals surface area contributed by atoms with E-state index in [2.05, 4.69) is 37.4 Å². The number of esters is 12. The minimum atomic E-state index is -2.45. The van der Waals surface area contributed by atoms with Crippen molar-refractivity contribution in [1.29, 1.82) is 0 Å². The number of hydrogen-bond acceptors (Lipinski definition) is 53. The molecule has 0 rings (SSSR count). The highest BCUT2D eigenvalue weighted by atomic mass is 16.7. The zero-order chi connectivity index (χ0) is 109. The fourth-order valence-electron chi connectivity index (χ4n) is 13.3. The topological polar surface area (TPSA) is 861 Å². The monoisotopic (exact) mass is 2040 g/mol. The van der Waals surface area contributed by atoms with Crippen molar-refractivity contribution in [3.05, 3.63) is 0 Å². The summed E-state index contributed by atoms with van der Waals surface area (Å²) in [6.45, 7) is 15.5. The summed E-state index contributed by atoms with van der Waals surface area (Å²) in [5.74, 6) is -16.7. The zero-order valence-corrected chi connectivity index (χ0v) is 82.0. The first kappa shape index (κ1) is 132. The predicted molar refractivity (Wildman–Crippen MR) is 465 cm³/mol. The van der Waals surface area contributed by atoms with Gasteiger partial charge < -0.3 is 184 Å². The second kappa shape index (κ2) is 65.4. The van der Waals surface area contributed by atoms with Gasteiger partial charge in [0.2, 0.25) is 18.5 Å². The van der Waals surface area contributed by atoms with Gasteiger partial charge in [-0.15, -0.1) is 0 Å². The Morgan fingerprint density at radius 2 is 0.657 bits per heavy atom. The summed E-state index contributed by atoms with van der Waals surface area (Å²) < 4.78 is 86.8. The molecule has 0 saturated carbocycles. The molecule has 57 nitrogen and oxygen atoms in total. The molecule has 0 radical (unpaired) electrons. The second-order valence-electron chi connectivity index (χ2n) is 34.6. The molecule has 4 amide bonds. The van der Waals surface area contributed by atoms with Crippen LogP contribution in [0.5, 0.6) is 0 Å². The quantitative estimate of drug-likeness (QED) is 0.00884. The molecular formula is C83H146N8O49. The lowest BCUT2D eigenvalue weighted by Crippen LogP contribution is -2.60. The maximum absolute atomic E-state index is 14.9. The molecule has 0 heterocycles. The number of amides is 4. The summed E-state index contributed by atoms with van der Waals surface area (Å²) in [5, 5.41) is 184. The van der Waals surface area contributed by atoms with Gasteiger partial charge in [-0.2, -0.15) is 5.48 Å². The van der Waals surface area contributed by atoms with Crippen molar-refractivity contribution in [3.8, 4) is 0 Å². The number of carbonyl (C=O) groups excluding carboxylic acids is 16. The van der Waals surface area contributed by atoms with Crippen molar-refractivity contribution in [3.63, 3.8) is 0 Å². The molecule has 0 bridgehead atoms. The summed E-state index contributed by atoms with van der Waals surface area (Å²) in [6, 6.07) is -3.11. The summed E-state index contributed by atoms with van der Waals surface area (Å²) >= 11 is 0. The summed E-state index contributed by atoms with van der Waals surface area (Å²) in [7, 11) is 0. The highest BCUT2D eigenvalue weighted by molar-refractivity contribution is 5.85. The number of aliphatic hydroxyl groups is 15. The lowest BCUT2D eigenvalue weighted by atomic mass is 9.75. The van der Waals surface area contributed by atoms with E-state index in [1.54, 1.807) is 5.48 Å². The zero-order valence-electron chi connectivity index (χ0n) is 82.0. The van der Waals surface area contributed by atoms with Crippen LogP contribution in [0, 0.1) is 22.7 Å². The minimum Gasteiger partial charge on any atom is -0.462 e. The van der Waals surface area contributed by atoms with Gasteiger partial charge in [0, 0.05) is 151 Å². The molecule has 0 aromatic heterocycles. The molecule has 0 spiro atoms. The molecule has 28 atom stereocenters. The molecule has 0 aromatic rings. The minimum absolute atomic E-state index is 0.131. The van der Waals surface area contributed by atoms with Crippen LogP contribution in [-0.4, -0.2) is 426 Å². The highest BCUT2D eigenvalue weighted by Gasteiger charge is 2.51. The smallest absolute Gasteiger partial charge is 0.407 e. The van der Waals surface area contributed by atoms with Crippen LogP contribution in [0.25, 0.3) is 0 Å². The van der Waals surface area contributed by atoms with Gasteiger partial charge in [-0.1, -0.05) is 20.8 Å². The largest absolute Gasteiger partial charge is 0.462 e. The Labute approximate surface area is 806 Å². The first-order valence-electron chi connectivity index (χ1n) is 43.6. The molecule has 28 unspecified atom stereocenters. The lowest BCUT2D eigenvalue weighted by molar-refractivity contribution is -0.242. The van der Waals surface area contributed by atoms with E-state index in [0.29, 0.717) is 0 Å². The van der Waals surface area contributed by atoms with Crippen LogP contribution in [0.1, 0.15) is 165 Å². The molecule has 0 aliphatic heterocycles. The Bertz CT molecular complexity index is 3840. The Hall–Kier alpha value is -9.80. The summed E-state index contributed by atoms with van der Waals surface area (Å²) in [6.07, 6.45) is -47.3. The molecule has 0 aliphatic rings. The highest BCUT2D eigenvalue weighted by Crippen LogP contribution is 2.34. The third-order valence-electron chi connectivity index (χ3n) is 19.9. The number of hydroxylamine groups is 2. The van der Waals surface area contributed by atoms with Crippen LogP contribution >= 0.6 is 0 Å². The Morgan fingerprint density at radius 3 is 1.04 bits per heavy atom. The molecule has 0 aromatic carbocycles. The van der Waals surface area contributed by atoms with Crippen LogP contribution in [-0.2, 0) is 143 Å². The van der Waals surface area contributed by atoms with Gasteiger partial charge in [0.1, 0.15) is 110 Å². The second-order valence-corrected chi connectivity index (χ2v) is 34.6. The van der Waals surface area contributed by atoms with Gasteiger partial charge in [0.25, 0.3) is 11.8 Å². The molecule has 0 fully saturated rings. The Morgan fingerprint density at radius 1 is 0.321 bits per heavy atom. The fourth-order valence-corrected chi connectivity index (χ4v) is 13.3. The molecule has 57 heteroatoms. The Kier molecular flexibility index (Phi) is 61.8. The van der Waals surface area contributed by atoms with E-state index in [9.17, 15) is 148 Å². The first-order valence-corrected chi connectivity index (χ1v) is 43.6. The lowest BCUT2D eigenvalue weighted by Gasteiger charge is -2.42. The van der Waals surface area contributed by atoms with Crippen LogP contribution < -0.4 is 42.9 Å². The summed E-state index contributed by atoms with van der Waals surface area (Å²) in [4.78, 5) is 205. The van der Waals surface area contributed by atoms with E-state index in [1.165, 1.54) is 62.3 Å². The van der Waals surface area contributed by atoms with E-state index in [1.807, 2.05) is 0 Å². The number of carbonyl (C=O) groups is 16. The fraction of sp³-hybridized carbons (Fsp3) is 0.807. The average molecular weight is 2040 g/mol. The number of aliphatic hydroxyl groups excluding tert-OH is 15. The van der Waals surface area contributed by atoms with Crippen LogP contribution in [0.4, 0.5) is 9.59 Å². The number of hydrogen-bond donors (Lipinski definition) is 25.